The van der Waals surface area contributed by atoms with Gasteiger partial charge in [-0.2, -0.15) is 5.26 Å². The van der Waals surface area contributed by atoms with Crippen LogP contribution >= 0.6 is 11.3 Å². The van der Waals surface area contributed by atoms with Crippen LogP contribution in [0.3, 0.4) is 0 Å². The molecule has 1 heterocycles. The first-order valence-corrected chi connectivity index (χ1v) is 6.99. The number of nitrogens with zero attached hydrogens (tertiary/aromatic N) is 1. The normalized spacial score (nSPS) is 11.2. The van der Waals surface area contributed by atoms with E-state index in [2.05, 4.69) is 5.32 Å². The van der Waals surface area contributed by atoms with Crippen molar-refractivity contribution < 1.29 is 8.78 Å². The summed E-state index contributed by atoms with van der Waals surface area (Å²) in [4.78, 5) is 1.14. The van der Waals surface area contributed by atoms with E-state index in [1.54, 1.807) is 17.4 Å². The molecular formula is C15H14F2N2S. The monoisotopic (exact) mass is 292 g/mol. The zero-order valence-corrected chi connectivity index (χ0v) is 12.0. The lowest BCUT2D eigenvalue weighted by atomic mass is 9.91. The molecule has 2 rings (SSSR count). The van der Waals surface area contributed by atoms with Crippen LogP contribution in [0.4, 0.5) is 14.5 Å². The van der Waals surface area contributed by atoms with E-state index in [1.165, 1.54) is 0 Å². The third-order valence-corrected chi connectivity index (χ3v) is 4.30. The summed E-state index contributed by atoms with van der Waals surface area (Å²) in [5, 5.41) is 13.4. The fourth-order valence-electron chi connectivity index (χ4n) is 1.87. The minimum atomic E-state index is -0.747. The van der Waals surface area contributed by atoms with Crippen LogP contribution in [0.25, 0.3) is 0 Å². The fourth-order valence-corrected chi connectivity index (χ4v) is 2.72. The standard InChI is InChI=1S/C15H14F2N2S/c1-15(2,13-4-3-5-20-13)9-19-14-11(16)6-10(8-18)7-12(14)17/h3-7,19H,9H2,1-2H3. The minimum absolute atomic E-state index is 0.0249. The van der Waals surface area contributed by atoms with Crippen molar-refractivity contribution in [2.24, 2.45) is 0 Å². The van der Waals surface area contributed by atoms with Crippen LogP contribution in [-0.2, 0) is 5.41 Å². The molecule has 0 radical (unpaired) electrons. The molecule has 0 amide bonds. The van der Waals surface area contributed by atoms with Crippen molar-refractivity contribution in [1.82, 2.24) is 0 Å². The number of anilines is 1. The highest BCUT2D eigenvalue weighted by Crippen LogP contribution is 2.29. The summed E-state index contributed by atoms with van der Waals surface area (Å²) in [5.74, 6) is -1.49. The second kappa shape index (κ2) is 5.59. The van der Waals surface area contributed by atoms with Gasteiger partial charge in [0.15, 0.2) is 11.6 Å². The third-order valence-electron chi connectivity index (χ3n) is 3.07. The highest BCUT2D eigenvalue weighted by Gasteiger charge is 2.23. The van der Waals surface area contributed by atoms with Crippen molar-refractivity contribution >= 4 is 17.0 Å². The zero-order valence-electron chi connectivity index (χ0n) is 11.2. The van der Waals surface area contributed by atoms with Crippen molar-refractivity contribution in [2.75, 3.05) is 11.9 Å². The predicted molar refractivity (Wildman–Crippen MR) is 76.9 cm³/mol. The molecule has 0 spiro atoms. The molecule has 2 aromatic rings. The predicted octanol–water partition coefficient (Wildman–Crippen LogP) is 4.29. The molecule has 0 atom stereocenters. The van der Waals surface area contributed by atoms with Crippen LogP contribution in [0.15, 0.2) is 29.6 Å². The van der Waals surface area contributed by atoms with Gasteiger partial charge in [-0.3, -0.25) is 0 Å². The van der Waals surface area contributed by atoms with Crippen LogP contribution < -0.4 is 5.32 Å². The average molecular weight is 292 g/mol. The van der Waals surface area contributed by atoms with Gasteiger partial charge in [-0.1, -0.05) is 19.9 Å². The third kappa shape index (κ3) is 2.97. The molecule has 0 aliphatic carbocycles. The molecule has 0 fully saturated rings. The van der Waals surface area contributed by atoms with E-state index in [0.29, 0.717) is 6.54 Å². The van der Waals surface area contributed by atoms with E-state index in [0.717, 1.165) is 17.0 Å². The maximum Gasteiger partial charge on any atom is 0.150 e. The first kappa shape index (κ1) is 14.5. The summed E-state index contributed by atoms with van der Waals surface area (Å²) in [5.41, 5.74) is -0.447. The number of halogens is 2. The van der Waals surface area contributed by atoms with Crippen molar-refractivity contribution in [3.8, 4) is 6.07 Å². The lowest BCUT2D eigenvalue weighted by molar-refractivity contribution is 0.552. The molecule has 104 valence electrons. The van der Waals surface area contributed by atoms with E-state index >= 15 is 0 Å². The maximum atomic E-state index is 13.8. The molecular weight excluding hydrogens is 278 g/mol. The molecule has 0 bridgehead atoms. The number of nitriles is 1. The molecule has 20 heavy (non-hydrogen) atoms. The summed E-state index contributed by atoms with van der Waals surface area (Å²) < 4.78 is 27.5. The molecule has 5 heteroatoms. The zero-order chi connectivity index (χ0) is 14.8. The highest BCUT2D eigenvalue weighted by molar-refractivity contribution is 7.10. The lowest BCUT2D eigenvalue weighted by Crippen LogP contribution is -2.27. The Morgan fingerprint density at radius 3 is 2.45 bits per heavy atom. The summed E-state index contributed by atoms with van der Waals surface area (Å²) in [6.07, 6.45) is 0. The Bertz CT molecular complexity index is 619. The Balaban J connectivity index is 2.18. The van der Waals surface area contributed by atoms with Gasteiger partial charge in [0.2, 0.25) is 0 Å². The van der Waals surface area contributed by atoms with Gasteiger partial charge in [-0.25, -0.2) is 8.78 Å². The van der Waals surface area contributed by atoms with Crippen molar-refractivity contribution in [3.05, 3.63) is 51.7 Å². The van der Waals surface area contributed by atoms with E-state index in [-0.39, 0.29) is 16.7 Å². The summed E-state index contributed by atoms with van der Waals surface area (Å²) >= 11 is 1.61. The molecule has 0 aliphatic heterocycles. The van der Waals surface area contributed by atoms with Crippen LogP contribution in [0.2, 0.25) is 0 Å². The van der Waals surface area contributed by atoms with Gasteiger partial charge in [-0.05, 0) is 23.6 Å². The Morgan fingerprint density at radius 1 is 1.30 bits per heavy atom. The minimum Gasteiger partial charge on any atom is -0.379 e. The Hall–Kier alpha value is -1.93. The van der Waals surface area contributed by atoms with Gasteiger partial charge in [0.1, 0.15) is 5.69 Å². The van der Waals surface area contributed by atoms with Crippen LogP contribution in [0, 0.1) is 23.0 Å². The quantitative estimate of drug-likeness (QED) is 0.912. The second-order valence-electron chi connectivity index (χ2n) is 5.14. The molecule has 0 unspecified atom stereocenters. The number of hydrogen-bond donors (Lipinski definition) is 1. The van der Waals surface area contributed by atoms with Gasteiger partial charge < -0.3 is 5.32 Å². The molecule has 1 aromatic heterocycles. The SMILES string of the molecule is CC(C)(CNc1c(F)cc(C#N)cc1F)c1cccs1. The Labute approximate surface area is 120 Å². The van der Waals surface area contributed by atoms with Crippen molar-refractivity contribution in [3.63, 3.8) is 0 Å². The fraction of sp³-hybridized carbons (Fsp3) is 0.267. The van der Waals surface area contributed by atoms with E-state index in [9.17, 15) is 8.78 Å². The van der Waals surface area contributed by atoms with Gasteiger partial charge in [0.05, 0.1) is 11.6 Å². The smallest absolute Gasteiger partial charge is 0.150 e. The van der Waals surface area contributed by atoms with E-state index in [4.69, 9.17) is 5.26 Å². The highest BCUT2D eigenvalue weighted by atomic mass is 32.1. The first-order chi connectivity index (χ1) is 9.44. The maximum absolute atomic E-state index is 13.8. The average Bonchev–Trinajstić information content (AvgIpc) is 2.92. The van der Waals surface area contributed by atoms with Crippen LogP contribution in [0.1, 0.15) is 24.3 Å². The molecule has 1 N–H and O–H groups in total. The summed E-state index contributed by atoms with van der Waals surface area (Å²) in [6.45, 7) is 4.41. The lowest BCUT2D eigenvalue weighted by Gasteiger charge is -2.24. The number of hydrogen-bond acceptors (Lipinski definition) is 3. The molecule has 0 saturated carbocycles. The van der Waals surface area contributed by atoms with Crippen LogP contribution in [0.5, 0.6) is 0 Å². The Kier molecular flexibility index (Phi) is 4.05. The van der Waals surface area contributed by atoms with Gasteiger partial charge in [0.25, 0.3) is 0 Å². The van der Waals surface area contributed by atoms with Gasteiger partial charge >= 0.3 is 0 Å². The topological polar surface area (TPSA) is 35.8 Å². The summed E-state index contributed by atoms with van der Waals surface area (Å²) in [6, 6.07) is 7.73. The van der Waals surface area contributed by atoms with Gasteiger partial charge in [0, 0.05) is 16.8 Å². The van der Waals surface area contributed by atoms with E-state index in [1.807, 2.05) is 31.4 Å². The molecule has 2 nitrogen and oxygen atoms in total. The van der Waals surface area contributed by atoms with Crippen LogP contribution in [-0.4, -0.2) is 6.54 Å². The number of rotatable bonds is 4. The number of benzene rings is 1. The van der Waals surface area contributed by atoms with Gasteiger partial charge in [-0.15, -0.1) is 11.3 Å². The van der Waals surface area contributed by atoms with Crippen molar-refractivity contribution in [1.29, 1.82) is 5.26 Å². The first-order valence-electron chi connectivity index (χ1n) is 6.11. The largest absolute Gasteiger partial charge is 0.379 e. The number of nitrogens with one attached hydrogen (secondary N) is 1. The molecule has 0 saturated heterocycles. The Morgan fingerprint density at radius 2 is 1.95 bits per heavy atom. The molecule has 1 aromatic carbocycles. The van der Waals surface area contributed by atoms with Crippen molar-refractivity contribution in [2.45, 2.75) is 19.3 Å². The number of thiophene rings is 1. The summed E-state index contributed by atoms with van der Waals surface area (Å²) in [7, 11) is 0. The van der Waals surface area contributed by atoms with E-state index < -0.39 is 11.6 Å². The molecule has 0 aliphatic rings. The second-order valence-corrected chi connectivity index (χ2v) is 6.09.